The Bertz CT molecular complexity index is 224. The van der Waals surface area contributed by atoms with Gasteiger partial charge in [-0.05, 0) is 31.8 Å². The van der Waals surface area contributed by atoms with Crippen molar-refractivity contribution in [3.63, 3.8) is 0 Å². The summed E-state index contributed by atoms with van der Waals surface area (Å²) in [4.78, 5) is 12.6. The van der Waals surface area contributed by atoms with Gasteiger partial charge in [0, 0.05) is 13.0 Å². The Balaban J connectivity index is 2.16. The molecule has 1 heterocycles. The fourth-order valence-electron chi connectivity index (χ4n) is 1.83. The van der Waals surface area contributed by atoms with Crippen LogP contribution in [0.5, 0.6) is 0 Å². The van der Waals surface area contributed by atoms with Crippen LogP contribution in [0.2, 0.25) is 0 Å². The van der Waals surface area contributed by atoms with Crippen molar-refractivity contribution in [2.45, 2.75) is 25.7 Å². The maximum atomic E-state index is 10.4. The second kappa shape index (κ2) is 5.66. The predicted molar refractivity (Wildman–Crippen MR) is 54.9 cm³/mol. The molecule has 1 rings (SSSR count). The van der Waals surface area contributed by atoms with Gasteiger partial charge in [0.15, 0.2) is 0 Å². The lowest BCUT2D eigenvalue weighted by molar-refractivity contribution is -0.137. The van der Waals surface area contributed by atoms with Crippen molar-refractivity contribution >= 4 is 5.97 Å². The van der Waals surface area contributed by atoms with Crippen LogP contribution < -0.4 is 0 Å². The zero-order chi connectivity index (χ0) is 10.4. The van der Waals surface area contributed by atoms with Gasteiger partial charge < -0.3 is 10.0 Å². The van der Waals surface area contributed by atoms with Crippen molar-refractivity contribution in [1.82, 2.24) is 4.90 Å². The first-order valence-corrected chi connectivity index (χ1v) is 5.10. The van der Waals surface area contributed by atoms with Gasteiger partial charge in [0.25, 0.3) is 0 Å². The molecule has 1 aliphatic heterocycles. The summed E-state index contributed by atoms with van der Waals surface area (Å²) in [6.45, 7) is 2.68. The number of carboxylic acid groups (broad SMARTS) is 1. The predicted octanol–water partition coefficient (Wildman–Crippen LogP) is 1.20. The third kappa shape index (κ3) is 3.80. The minimum absolute atomic E-state index is 0.250. The van der Waals surface area contributed by atoms with Crippen LogP contribution in [0.25, 0.3) is 0 Å². The number of carbonyl (C=O) groups is 1. The lowest BCUT2D eigenvalue weighted by Crippen LogP contribution is -2.35. The molecular weight excluding hydrogens is 178 g/mol. The second-order valence-electron chi connectivity index (χ2n) is 3.84. The molecule has 14 heavy (non-hydrogen) atoms. The van der Waals surface area contributed by atoms with Gasteiger partial charge in [-0.3, -0.25) is 4.79 Å². The molecule has 3 nitrogen and oxygen atoms in total. The van der Waals surface area contributed by atoms with E-state index in [9.17, 15) is 4.79 Å². The van der Waals surface area contributed by atoms with E-state index in [0.717, 1.165) is 32.4 Å². The Hall–Kier alpha value is -1.01. The van der Waals surface area contributed by atoms with E-state index in [-0.39, 0.29) is 6.42 Å². The second-order valence-corrected chi connectivity index (χ2v) is 3.84. The number of hydrogen-bond donors (Lipinski definition) is 1. The van der Waals surface area contributed by atoms with Gasteiger partial charge in [-0.1, -0.05) is 0 Å². The molecule has 0 amide bonds. The van der Waals surface area contributed by atoms with Crippen LogP contribution in [-0.4, -0.2) is 35.6 Å². The highest BCUT2D eigenvalue weighted by molar-refractivity contribution is 5.66. The fourth-order valence-corrected chi connectivity index (χ4v) is 1.83. The quantitative estimate of drug-likeness (QED) is 0.685. The molecule has 0 bridgehead atoms. The molecule has 0 aromatic carbocycles. The molecule has 0 unspecified atom stereocenters. The number of nitrogens with zero attached hydrogens (tertiary/aromatic N) is 1. The van der Waals surface area contributed by atoms with E-state index in [4.69, 9.17) is 11.5 Å². The Morgan fingerprint density at radius 2 is 2.14 bits per heavy atom. The van der Waals surface area contributed by atoms with Crippen LogP contribution in [-0.2, 0) is 4.79 Å². The van der Waals surface area contributed by atoms with Gasteiger partial charge in [0.05, 0.1) is 6.42 Å². The van der Waals surface area contributed by atoms with Crippen molar-refractivity contribution in [3.8, 4) is 12.3 Å². The van der Waals surface area contributed by atoms with Crippen molar-refractivity contribution in [1.29, 1.82) is 0 Å². The van der Waals surface area contributed by atoms with E-state index in [0.29, 0.717) is 12.5 Å². The molecule has 1 N–H and O–H groups in total. The first-order valence-electron chi connectivity index (χ1n) is 5.10. The van der Waals surface area contributed by atoms with E-state index >= 15 is 0 Å². The molecule has 1 saturated heterocycles. The van der Waals surface area contributed by atoms with Crippen LogP contribution in [0.3, 0.4) is 0 Å². The van der Waals surface area contributed by atoms with Crippen molar-refractivity contribution in [2.24, 2.45) is 5.92 Å². The summed E-state index contributed by atoms with van der Waals surface area (Å²) < 4.78 is 0. The molecule has 78 valence electrons. The number of terminal acetylenes is 1. The summed E-state index contributed by atoms with van der Waals surface area (Å²) in [5.74, 6) is 2.63. The average Bonchev–Trinajstić information content (AvgIpc) is 2.17. The summed E-state index contributed by atoms with van der Waals surface area (Å²) in [7, 11) is 0. The molecular formula is C11H17NO2. The molecule has 3 heteroatoms. The molecule has 0 aromatic heterocycles. The van der Waals surface area contributed by atoms with Crippen LogP contribution in [0.15, 0.2) is 0 Å². The summed E-state index contributed by atoms with van der Waals surface area (Å²) in [5.41, 5.74) is 0. The number of piperidine rings is 1. The normalized spacial score (nSPS) is 19.1. The lowest BCUT2D eigenvalue weighted by Gasteiger charge is -2.30. The van der Waals surface area contributed by atoms with E-state index in [1.165, 1.54) is 0 Å². The summed E-state index contributed by atoms with van der Waals surface area (Å²) >= 11 is 0. The highest BCUT2D eigenvalue weighted by Crippen LogP contribution is 2.19. The van der Waals surface area contributed by atoms with Crippen molar-refractivity contribution in [3.05, 3.63) is 0 Å². The van der Waals surface area contributed by atoms with Gasteiger partial charge >= 0.3 is 5.97 Å². The highest BCUT2D eigenvalue weighted by Gasteiger charge is 2.18. The third-order valence-electron chi connectivity index (χ3n) is 2.76. The van der Waals surface area contributed by atoms with Gasteiger partial charge in [0.1, 0.15) is 0 Å². The Morgan fingerprint density at radius 3 is 2.64 bits per heavy atom. The van der Waals surface area contributed by atoms with Gasteiger partial charge in [-0.2, -0.15) is 0 Å². The molecule has 0 aliphatic carbocycles. The van der Waals surface area contributed by atoms with Crippen LogP contribution in [0.1, 0.15) is 25.7 Å². The minimum atomic E-state index is -0.712. The fraction of sp³-hybridized carbons (Fsp3) is 0.727. The highest BCUT2D eigenvalue weighted by atomic mass is 16.4. The molecule has 0 spiro atoms. The van der Waals surface area contributed by atoms with E-state index in [2.05, 4.69) is 10.8 Å². The lowest BCUT2D eigenvalue weighted by atomic mass is 9.94. The minimum Gasteiger partial charge on any atom is -0.481 e. The number of hydrogen-bond acceptors (Lipinski definition) is 2. The first-order chi connectivity index (χ1) is 6.72. The Labute approximate surface area is 85.1 Å². The molecule has 0 aromatic rings. The molecule has 0 saturated carbocycles. The van der Waals surface area contributed by atoms with Gasteiger partial charge in [-0.15, -0.1) is 12.3 Å². The largest absolute Gasteiger partial charge is 0.481 e. The number of aliphatic carboxylic acids is 1. The molecule has 0 radical (unpaired) electrons. The van der Waals surface area contributed by atoms with Crippen LogP contribution >= 0.6 is 0 Å². The first kappa shape index (κ1) is 11.1. The summed E-state index contributed by atoms with van der Waals surface area (Å²) in [6.07, 6.45) is 8.60. The number of rotatable bonds is 4. The zero-order valence-corrected chi connectivity index (χ0v) is 8.41. The van der Waals surface area contributed by atoms with Gasteiger partial charge in [-0.25, -0.2) is 0 Å². The molecule has 0 atom stereocenters. The zero-order valence-electron chi connectivity index (χ0n) is 8.41. The topological polar surface area (TPSA) is 40.5 Å². The van der Waals surface area contributed by atoms with Crippen molar-refractivity contribution < 1.29 is 9.90 Å². The summed E-state index contributed by atoms with van der Waals surface area (Å²) in [5, 5.41) is 8.53. The average molecular weight is 195 g/mol. The van der Waals surface area contributed by atoms with Gasteiger partial charge in [0.2, 0.25) is 0 Å². The molecule has 1 aliphatic rings. The maximum Gasteiger partial charge on any atom is 0.304 e. The number of carboxylic acids is 1. The number of likely N-dealkylation sites (tertiary alicyclic amines) is 1. The smallest absolute Gasteiger partial charge is 0.304 e. The Kier molecular flexibility index (Phi) is 4.48. The van der Waals surface area contributed by atoms with Crippen molar-refractivity contribution in [2.75, 3.05) is 19.6 Å². The van der Waals surface area contributed by atoms with E-state index < -0.39 is 5.97 Å². The SMILES string of the molecule is C#CCC1CCN(CCC(=O)O)CC1. The third-order valence-corrected chi connectivity index (χ3v) is 2.76. The van der Waals surface area contributed by atoms with Crippen LogP contribution in [0.4, 0.5) is 0 Å². The standard InChI is InChI=1S/C11H17NO2/c1-2-3-10-4-7-12(8-5-10)9-6-11(13)14/h1,10H,3-9H2,(H,13,14). The Morgan fingerprint density at radius 1 is 1.50 bits per heavy atom. The summed E-state index contributed by atoms with van der Waals surface area (Å²) in [6, 6.07) is 0. The maximum absolute atomic E-state index is 10.4. The van der Waals surface area contributed by atoms with Crippen LogP contribution in [0, 0.1) is 18.3 Å². The molecule has 1 fully saturated rings. The van der Waals surface area contributed by atoms with E-state index in [1.54, 1.807) is 0 Å². The van der Waals surface area contributed by atoms with E-state index in [1.807, 2.05) is 0 Å². The monoisotopic (exact) mass is 195 g/mol.